The van der Waals surface area contributed by atoms with Crippen LogP contribution in [0.25, 0.3) is 0 Å². The molecule has 6 N–H and O–H groups in total. The minimum Gasteiger partial charge on any atom is -0.481 e. The molecule has 0 bridgehead atoms. The zero-order valence-electron chi connectivity index (χ0n) is 13.2. The molecule has 9 nitrogen and oxygen atoms in total. The number of benzene rings is 1. The minimum atomic E-state index is -2.05. The molecule has 0 saturated heterocycles. The maximum absolute atomic E-state index is 11.4. The van der Waals surface area contributed by atoms with Gasteiger partial charge in [0.25, 0.3) is 0 Å². The third-order valence-electron chi connectivity index (χ3n) is 4.13. The summed E-state index contributed by atoms with van der Waals surface area (Å²) in [5, 5.41) is 36.9. The Labute approximate surface area is 142 Å². The van der Waals surface area contributed by atoms with Gasteiger partial charge in [0.1, 0.15) is 0 Å². The standard InChI is InChI=1S/C16H19NO8/c17-16(9-14(24)25,10-4-2-1-3-5-10)15(6-11(18)19,7-12(20)21)8-13(22)23/h1-5H,6-9,17H2,(H,18,19)(H,20,21)(H,22,23)(H,24,25). The van der Waals surface area contributed by atoms with E-state index in [0.717, 1.165) is 0 Å². The number of carbonyl (C=O) groups is 4. The molecule has 1 aromatic rings. The van der Waals surface area contributed by atoms with Crippen molar-refractivity contribution in [1.29, 1.82) is 0 Å². The molecular formula is C16H19NO8. The van der Waals surface area contributed by atoms with E-state index in [1.807, 2.05) is 0 Å². The highest BCUT2D eigenvalue weighted by Gasteiger charge is 2.54. The summed E-state index contributed by atoms with van der Waals surface area (Å²) in [5.74, 6) is -5.83. The monoisotopic (exact) mass is 353 g/mol. The van der Waals surface area contributed by atoms with Crippen LogP contribution in [0.4, 0.5) is 0 Å². The van der Waals surface area contributed by atoms with E-state index in [-0.39, 0.29) is 5.56 Å². The first kappa shape index (κ1) is 20.1. The lowest BCUT2D eigenvalue weighted by Gasteiger charge is -2.46. The molecule has 0 aromatic heterocycles. The largest absolute Gasteiger partial charge is 0.481 e. The van der Waals surface area contributed by atoms with Gasteiger partial charge in [0, 0.05) is 5.41 Å². The number of rotatable bonds is 10. The van der Waals surface area contributed by atoms with Crippen molar-refractivity contribution in [3.8, 4) is 0 Å². The molecule has 0 aliphatic carbocycles. The molecule has 0 amide bonds. The second-order valence-electron chi connectivity index (χ2n) is 5.90. The van der Waals surface area contributed by atoms with Crippen molar-refractivity contribution in [2.75, 3.05) is 0 Å². The topological polar surface area (TPSA) is 175 Å². The zero-order chi connectivity index (χ0) is 19.3. The molecule has 1 rings (SSSR count). The molecule has 25 heavy (non-hydrogen) atoms. The highest BCUT2D eigenvalue weighted by molar-refractivity contribution is 5.78. The summed E-state index contributed by atoms with van der Waals surface area (Å²) in [6, 6.07) is 7.49. The average Bonchev–Trinajstić information content (AvgIpc) is 2.44. The van der Waals surface area contributed by atoms with E-state index in [1.54, 1.807) is 6.07 Å². The maximum Gasteiger partial charge on any atom is 0.305 e. The summed E-state index contributed by atoms with van der Waals surface area (Å²) in [6.07, 6.45) is -3.57. The Bertz CT molecular complexity index is 631. The van der Waals surface area contributed by atoms with Gasteiger partial charge in [-0.15, -0.1) is 0 Å². The van der Waals surface area contributed by atoms with Crippen LogP contribution in [-0.2, 0) is 24.7 Å². The van der Waals surface area contributed by atoms with Crippen molar-refractivity contribution < 1.29 is 39.6 Å². The Morgan fingerprint density at radius 3 is 1.40 bits per heavy atom. The Balaban J connectivity index is 3.70. The molecular weight excluding hydrogens is 334 g/mol. The summed E-state index contributed by atoms with van der Waals surface area (Å²) in [5.41, 5.74) is 2.36. The smallest absolute Gasteiger partial charge is 0.305 e. The summed E-state index contributed by atoms with van der Waals surface area (Å²) < 4.78 is 0. The van der Waals surface area contributed by atoms with Gasteiger partial charge in [0.15, 0.2) is 0 Å². The van der Waals surface area contributed by atoms with E-state index in [2.05, 4.69) is 0 Å². The van der Waals surface area contributed by atoms with Crippen LogP contribution in [0.15, 0.2) is 30.3 Å². The van der Waals surface area contributed by atoms with E-state index in [0.29, 0.717) is 0 Å². The Morgan fingerprint density at radius 2 is 1.08 bits per heavy atom. The summed E-state index contributed by atoms with van der Waals surface area (Å²) in [6.45, 7) is 0. The number of carboxylic acids is 4. The molecule has 0 radical (unpaired) electrons. The predicted molar refractivity (Wildman–Crippen MR) is 83.8 cm³/mol. The van der Waals surface area contributed by atoms with E-state index in [9.17, 15) is 39.6 Å². The molecule has 1 atom stereocenters. The van der Waals surface area contributed by atoms with Crippen molar-refractivity contribution in [2.45, 2.75) is 31.2 Å². The molecule has 0 aliphatic heterocycles. The van der Waals surface area contributed by atoms with Crippen LogP contribution >= 0.6 is 0 Å². The molecule has 0 heterocycles. The number of aliphatic carboxylic acids is 4. The van der Waals surface area contributed by atoms with Gasteiger partial charge >= 0.3 is 23.9 Å². The van der Waals surface area contributed by atoms with Gasteiger partial charge in [0.2, 0.25) is 0 Å². The normalized spacial score (nSPS) is 13.6. The zero-order valence-corrected chi connectivity index (χ0v) is 13.2. The van der Waals surface area contributed by atoms with Crippen molar-refractivity contribution >= 4 is 23.9 Å². The van der Waals surface area contributed by atoms with Gasteiger partial charge < -0.3 is 26.2 Å². The van der Waals surface area contributed by atoms with Gasteiger partial charge in [-0.3, -0.25) is 19.2 Å². The van der Waals surface area contributed by atoms with Crippen LogP contribution in [0.5, 0.6) is 0 Å². The summed E-state index contributed by atoms with van der Waals surface area (Å²) in [7, 11) is 0. The van der Waals surface area contributed by atoms with Crippen molar-refractivity contribution in [3.05, 3.63) is 35.9 Å². The second kappa shape index (κ2) is 7.75. The van der Waals surface area contributed by atoms with Crippen molar-refractivity contribution in [1.82, 2.24) is 0 Å². The van der Waals surface area contributed by atoms with Crippen LogP contribution in [-0.4, -0.2) is 44.3 Å². The van der Waals surface area contributed by atoms with E-state index >= 15 is 0 Å². The van der Waals surface area contributed by atoms with Crippen LogP contribution in [0, 0.1) is 5.41 Å². The number of nitrogens with two attached hydrogens (primary N) is 1. The molecule has 136 valence electrons. The first-order valence-electron chi connectivity index (χ1n) is 7.24. The Morgan fingerprint density at radius 1 is 0.720 bits per heavy atom. The van der Waals surface area contributed by atoms with Crippen LogP contribution < -0.4 is 5.73 Å². The third-order valence-corrected chi connectivity index (χ3v) is 4.13. The lowest BCUT2D eigenvalue weighted by Crippen LogP contribution is -2.56. The fourth-order valence-electron chi connectivity index (χ4n) is 3.10. The lowest BCUT2D eigenvalue weighted by atomic mass is 9.59. The highest BCUT2D eigenvalue weighted by atomic mass is 16.4. The molecule has 0 aliphatic rings. The summed E-state index contributed by atoms with van der Waals surface area (Å²) >= 11 is 0. The van der Waals surface area contributed by atoms with Crippen molar-refractivity contribution in [2.24, 2.45) is 11.1 Å². The lowest BCUT2D eigenvalue weighted by molar-refractivity contribution is -0.155. The number of hydrogen-bond donors (Lipinski definition) is 5. The van der Waals surface area contributed by atoms with Gasteiger partial charge in [-0.05, 0) is 5.56 Å². The van der Waals surface area contributed by atoms with Crippen molar-refractivity contribution in [3.63, 3.8) is 0 Å². The molecule has 0 saturated carbocycles. The SMILES string of the molecule is NC(CC(=O)O)(c1ccccc1)C(CC(=O)O)(CC(=O)O)CC(=O)O. The fourth-order valence-corrected chi connectivity index (χ4v) is 3.10. The second-order valence-corrected chi connectivity index (χ2v) is 5.90. The third kappa shape index (κ3) is 4.77. The van der Waals surface area contributed by atoms with Gasteiger partial charge in [-0.25, -0.2) is 0 Å². The quantitative estimate of drug-likeness (QED) is 0.406. The molecule has 9 heteroatoms. The Kier molecular flexibility index (Phi) is 6.24. The number of carboxylic acid groups (broad SMARTS) is 4. The molecule has 1 aromatic carbocycles. The predicted octanol–water partition coefficient (Wildman–Crippen LogP) is 0.726. The molecule has 0 fully saturated rings. The first-order chi connectivity index (χ1) is 11.5. The van der Waals surface area contributed by atoms with Gasteiger partial charge in [-0.1, -0.05) is 30.3 Å². The highest BCUT2D eigenvalue weighted by Crippen LogP contribution is 2.48. The van der Waals surface area contributed by atoms with E-state index < -0.39 is 60.5 Å². The van der Waals surface area contributed by atoms with Crippen LogP contribution in [0.2, 0.25) is 0 Å². The summed E-state index contributed by atoms with van der Waals surface area (Å²) in [4.78, 5) is 45.4. The maximum atomic E-state index is 11.4. The minimum absolute atomic E-state index is 0.154. The Hall–Kier alpha value is -2.94. The molecule has 1 unspecified atom stereocenters. The van der Waals surface area contributed by atoms with E-state index in [4.69, 9.17) is 5.73 Å². The first-order valence-corrected chi connectivity index (χ1v) is 7.24. The van der Waals surface area contributed by atoms with Crippen LogP contribution in [0.3, 0.4) is 0 Å². The van der Waals surface area contributed by atoms with Crippen LogP contribution in [0.1, 0.15) is 31.2 Å². The van der Waals surface area contributed by atoms with Gasteiger partial charge in [0.05, 0.1) is 31.2 Å². The fraction of sp³-hybridized carbons (Fsp3) is 0.375. The van der Waals surface area contributed by atoms with E-state index in [1.165, 1.54) is 24.3 Å². The average molecular weight is 353 g/mol. The number of hydrogen-bond acceptors (Lipinski definition) is 5. The van der Waals surface area contributed by atoms with Gasteiger partial charge in [-0.2, -0.15) is 0 Å². The molecule has 0 spiro atoms.